The van der Waals surface area contributed by atoms with Crippen molar-refractivity contribution in [3.05, 3.63) is 24.3 Å². The summed E-state index contributed by atoms with van der Waals surface area (Å²) in [7, 11) is 0. The third-order valence-corrected chi connectivity index (χ3v) is 6.45. The first-order valence-electron chi connectivity index (χ1n) is 9.47. The van der Waals surface area contributed by atoms with E-state index in [0.29, 0.717) is 35.0 Å². The van der Waals surface area contributed by atoms with Crippen LogP contribution in [0.1, 0.15) is 36.7 Å². The fourth-order valence-corrected chi connectivity index (χ4v) is 4.85. The van der Waals surface area contributed by atoms with Gasteiger partial charge in [-0.05, 0) is 37.2 Å². The highest BCUT2D eigenvalue weighted by molar-refractivity contribution is 5.97. The van der Waals surface area contributed by atoms with Gasteiger partial charge in [-0.25, -0.2) is 9.97 Å². The van der Waals surface area contributed by atoms with Crippen LogP contribution < -0.4 is 5.32 Å². The van der Waals surface area contributed by atoms with E-state index in [1.54, 1.807) is 12.3 Å². The zero-order valence-corrected chi connectivity index (χ0v) is 14.8. The number of amides is 2. The molecule has 0 radical (unpaired) electrons. The van der Waals surface area contributed by atoms with Gasteiger partial charge in [0.15, 0.2) is 0 Å². The van der Waals surface area contributed by atoms with E-state index >= 15 is 0 Å². The molecule has 3 aliphatic rings. The van der Waals surface area contributed by atoms with E-state index in [2.05, 4.69) is 27.2 Å². The van der Waals surface area contributed by atoms with Crippen molar-refractivity contribution in [2.75, 3.05) is 13.1 Å². The lowest BCUT2D eigenvalue weighted by Crippen LogP contribution is -2.52. The minimum absolute atomic E-state index is 0.107. The first-order chi connectivity index (χ1) is 12.6. The van der Waals surface area contributed by atoms with E-state index in [1.165, 1.54) is 6.33 Å². The largest absolute Gasteiger partial charge is 0.348 e. The van der Waals surface area contributed by atoms with Crippen molar-refractivity contribution in [3.8, 4) is 0 Å². The Morgan fingerprint density at radius 2 is 2.12 bits per heavy atom. The number of fused-ring (bicyclic) bond motifs is 2. The van der Waals surface area contributed by atoms with Crippen molar-refractivity contribution in [2.45, 2.75) is 32.2 Å². The monoisotopic (exact) mass is 353 g/mol. The van der Waals surface area contributed by atoms with Crippen LogP contribution in [0.5, 0.6) is 0 Å². The van der Waals surface area contributed by atoms with Crippen molar-refractivity contribution < 1.29 is 9.59 Å². The van der Waals surface area contributed by atoms with Crippen LogP contribution in [0, 0.1) is 23.7 Å². The van der Waals surface area contributed by atoms with Crippen molar-refractivity contribution in [3.63, 3.8) is 0 Å². The smallest absolute Gasteiger partial charge is 0.268 e. The summed E-state index contributed by atoms with van der Waals surface area (Å²) in [5, 5.41) is 3.96. The van der Waals surface area contributed by atoms with Gasteiger partial charge >= 0.3 is 0 Å². The molecule has 1 saturated heterocycles. The molecule has 0 bridgehead atoms. The fourth-order valence-electron chi connectivity index (χ4n) is 4.85. The van der Waals surface area contributed by atoms with Crippen molar-refractivity contribution in [1.82, 2.24) is 25.2 Å². The standard InChI is InChI=1S/C19H23N5O2/c1-10-2-11(3-10)19(26)24-7-13-5-15(14(13)8-24)23-18(25)16-4-12-6-20-9-21-17(12)22-16/h4,6,9-11,13-15H,2-3,5,7-8H2,1H3,(H,23,25)(H,20,21,22). The predicted molar refractivity (Wildman–Crippen MR) is 95.2 cm³/mol. The van der Waals surface area contributed by atoms with Gasteiger partial charge in [-0.2, -0.15) is 0 Å². The van der Waals surface area contributed by atoms with Gasteiger partial charge in [-0.3, -0.25) is 9.59 Å². The molecule has 3 unspecified atom stereocenters. The van der Waals surface area contributed by atoms with Crippen LogP contribution in [-0.2, 0) is 4.79 Å². The number of likely N-dealkylation sites (tertiary alicyclic amines) is 1. The number of aromatic nitrogens is 3. The Labute approximate surface area is 151 Å². The van der Waals surface area contributed by atoms with Gasteiger partial charge in [-0.15, -0.1) is 0 Å². The third kappa shape index (κ3) is 2.48. The van der Waals surface area contributed by atoms with E-state index in [9.17, 15) is 9.59 Å². The second-order valence-corrected chi connectivity index (χ2v) is 8.27. The summed E-state index contributed by atoms with van der Waals surface area (Å²) in [5.41, 5.74) is 1.18. The lowest BCUT2D eigenvalue weighted by atomic mass is 9.71. The Morgan fingerprint density at radius 3 is 2.88 bits per heavy atom. The molecule has 2 aliphatic carbocycles. The highest BCUT2D eigenvalue weighted by Crippen LogP contribution is 2.43. The van der Waals surface area contributed by atoms with Crippen LogP contribution in [0.3, 0.4) is 0 Å². The van der Waals surface area contributed by atoms with E-state index in [1.807, 2.05) is 4.90 Å². The summed E-state index contributed by atoms with van der Waals surface area (Å²) in [5.74, 6) is 2.08. The molecule has 0 aromatic carbocycles. The number of hydrogen-bond acceptors (Lipinski definition) is 4. The topological polar surface area (TPSA) is 91.0 Å². The summed E-state index contributed by atoms with van der Waals surface area (Å²) in [6.45, 7) is 3.86. The number of hydrogen-bond donors (Lipinski definition) is 2. The molecule has 2 aromatic rings. The molecule has 0 spiro atoms. The molecule has 3 fully saturated rings. The summed E-state index contributed by atoms with van der Waals surface area (Å²) in [4.78, 5) is 38.3. The first-order valence-corrected chi connectivity index (χ1v) is 9.47. The minimum Gasteiger partial charge on any atom is -0.348 e. The van der Waals surface area contributed by atoms with Crippen molar-refractivity contribution in [2.24, 2.45) is 23.7 Å². The second-order valence-electron chi connectivity index (χ2n) is 8.27. The first kappa shape index (κ1) is 15.8. The molecule has 2 aromatic heterocycles. The Balaban J connectivity index is 1.20. The van der Waals surface area contributed by atoms with Gasteiger partial charge in [0.2, 0.25) is 5.91 Å². The molecule has 7 nitrogen and oxygen atoms in total. The summed E-state index contributed by atoms with van der Waals surface area (Å²) in [6, 6.07) is 1.94. The SMILES string of the molecule is CC1CC(C(=O)N2CC3CC(NC(=O)c4cc5cncnc5[nH]4)C3C2)C1. The third-order valence-electron chi connectivity index (χ3n) is 6.45. The summed E-state index contributed by atoms with van der Waals surface area (Å²) >= 11 is 0. The number of nitrogens with zero attached hydrogens (tertiary/aromatic N) is 3. The highest BCUT2D eigenvalue weighted by atomic mass is 16.2. The zero-order chi connectivity index (χ0) is 17.8. The maximum Gasteiger partial charge on any atom is 0.268 e. The molecule has 1 aliphatic heterocycles. The fraction of sp³-hybridized carbons (Fsp3) is 0.579. The van der Waals surface area contributed by atoms with Crippen LogP contribution in [0.2, 0.25) is 0 Å². The Kier molecular flexibility index (Phi) is 3.52. The average molecular weight is 353 g/mol. The van der Waals surface area contributed by atoms with Crippen molar-refractivity contribution >= 4 is 22.8 Å². The number of nitrogens with one attached hydrogen (secondary N) is 2. The Morgan fingerprint density at radius 1 is 1.27 bits per heavy atom. The molecule has 3 heterocycles. The number of H-pyrrole nitrogens is 1. The maximum absolute atomic E-state index is 12.6. The van der Waals surface area contributed by atoms with E-state index in [-0.39, 0.29) is 17.9 Å². The lowest BCUT2D eigenvalue weighted by Gasteiger charge is -2.39. The number of carbonyl (C=O) groups is 2. The number of aromatic amines is 1. The van der Waals surface area contributed by atoms with Crippen LogP contribution in [-0.4, -0.2) is 50.8 Å². The van der Waals surface area contributed by atoms with E-state index in [4.69, 9.17) is 0 Å². The normalized spacial score (nSPS) is 32.7. The number of rotatable bonds is 3. The molecule has 7 heteroatoms. The summed E-state index contributed by atoms with van der Waals surface area (Å²) in [6.07, 6.45) is 6.18. The molecule has 2 N–H and O–H groups in total. The molecule has 2 saturated carbocycles. The van der Waals surface area contributed by atoms with Crippen LogP contribution in [0.25, 0.3) is 11.0 Å². The van der Waals surface area contributed by atoms with Crippen molar-refractivity contribution in [1.29, 1.82) is 0 Å². The van der Waals surface area contributed by atoms with E-state index < -0.39 is 0 Å². The Hall–Kier alpha value is -2.44. The van der Waals surface area contributed by atoms with Gasteiger partial charge in [0.25, 0.3) is 5.91 Å². The molecule has 5 rings (SSSR count). The molecule has 3 atom stereocenters. The molecule has 26 heavy (non-hydrogen) atoms. The van der Waals surface area contributed by atoms with Crippen LogP contribution in [0.4, 0.5) is 0 Å². The van der Waals surface area contributed by atoms with Crippen LogP contribution in [0.15, 0.2) is 18.6 Å². The zero-order valence-electron chi connectivity index (χ0n) is 14.8. The van der Waals surface area contributed by atoms with Gasteiger partial charge in [0.1, 0.15) is 17.7 Å². The van der Waals surface area contributed by atoms with Gasteiger partial charge in [0, 0.05) is 42.6 Å². The molecule has 2 amide bonds. The molecular formula is C19H23N5O2. The second kappa shape index (κ2) is 5.79. The van der Waals surface area contributed by atoms with Gasteiger partial charge in [-0.1, -0.05) is 6.92 Å². The number of carbonyl (C=O) groups excluding carboxylic acids is 2. The highest BCUT2D eigenvalue weighted by Gasteiger charge is 2.50. The van der Waals surface area contributed by atoms with Crippen LogP contribution >= 0.6 is 0 Å². The lowest BCUT2D eigenvalue weighted by molar-refractivity contribution is -0.138. The quantitative estimate of drug-likeness (QED) is 0.876. The molecular weight excluding hydrogens is 330 g/mol. The molecule has 136 valence electrons. The maximum atomic E-state index is 12.6. The summed E-state index contributed by atoms with van der Waals surface area (Å²) < 4.78 is 0. The average Bonchev–Trinajstić information content (AvgIpc) is 3.17. The minimum atomic E-state index is -0.107. The predicted octanol–water partition coefficient (Wildman–Crippen LogP) is 1.58. The van der Waals surface area contributed by atoms with E-state index in [0.717, 1.165) is 37.7 Å². The Bertz CT molecular complexity index is 839. The van der Waals surface area contributed by atoms with Gasteiger partial charge < -0.3 is 15.2 Å². The van der Waals surface area contributed by atoms with Gasteiger partial charge in [0.05, 0.1) is 0 Å².